The summed E-state index contributed by atoms with van der Waals surface area (Å²) in [7, 11) is 1.65. The van der Waals surface area contributed by atoms with Crippen LogP contribution in [0, 0.1) is 5.82 Å². The SMILES string of the molecule is COCC(C)NC(=S)NCCc1ccccc1F. The maximum Gasteiger partial charge on any atom is 0.166 e. The Bertz CT molecular complexity index is 387. The van der Waals surface area contributed by atoms with E-state index in [9.17, 15) is 4.39 Å². The average Bonchev–Trinajstić information content (AvgIpc) is 2.31. The molecule has 0 aliphatic rings. The molecule has 1 atom stereocenters. The minimum Gasteiger partial charge on any atom is -0.383 e. The van der Waals surface area contributed by atoms with Gasteiger partial charge in [-0.25, -0.2) is 4.39 Å². The van der Waals surface area contributed by atoms with Gasteiger partial charge in [-0.2, -0.15) is 0 Å². The molecule has 3 nitrogen and oxygen atoms in total. The molecule has 1 aromatic rings. The van der Waals surface area contributed by atoms with E-state index in [2.05, 4.69) is 10.6 Å². The highest BCUT2D eigenvalue weighted by Gasteiger charge is 2.04. The third-order valence-electron chi connectivity index (χ3n) is 2.43. The van der Waals surface area contributed by atoms with Crippen LogP contribution in [0.25, 0.3) is 0 Å². The van der Waals surface area contributed by atoms with E-state index in [1.165, 1.54) is 6.07 Å². The molecular weight excluding hydrogens is 251 g/mol. The molecule has 1 aromatic carbocycles. The standard InChI is InChI=1S/C13H19FN2OS/c1-10(9-17-2)16-13(18)15-8-7-11-5-3-4-6-12(11)14/h3-6,10H,7-9H2,1-2H3,(H2,15,16,18). The highest BCUT2D eigenvalue weighted by Crippen LogP contribution is 2.05. The van der Waals surface area contributed by atoms with Crippen LogP contribution in [0.15, 0.2) is 24.3 Å². The van der Waals surface area contributed by atoms with Crippen LogP contribution in [0.5, 0.6) is 0 Å². The van der Waals surface area contributed by atoms with Crippen molar-refractivity contribution in [3.63, 3.8) is 0 Å². The van der Waals surface area contributed by atoms with E-state index in [-0.39, 0.29) is 11.9 Å². The van der Waals surface area contributed by atoms with Crippen molar-refractivity contribution in [2.75, 3.05) is 20.3 Å². The molecule has 0 saturated carbocycles. The van der Waals surface area contributed by atoms with Gasteiger partial charge in [-0.15, -0.1) is 0 Å². The van der Waals surface area contributed by atoms with Crippen molar-refractivity contribution in [2.24, 2.45) is 0 Å². The van der Waals surface area contributed by atoms with E-state index in [1.54, 1.807) is 19.2 Å². The summed E-state index contributed by atoms with van der Waals surface area (Å²) in [4.78, 5) is 0. The zero-order valence-corrected chi connectivity index (χ0v) is 11.5. The van der Waals surface area contributed by atoms with Gasteiger partial charge in [0.1, 0.15) is 5.82 Å². The molecule has 1 rings (SSSR count). The Morgan fingerprint density at radius 3 is 2.83 bits per heavy atom. The first-order valence-electron chi connectivity index (χ1n) is 5.90. The van der Waals surface area contributed by atoms with E-state index >= 15 is 0 Å². The zero-order chi connectivity index (χ0) is 13.4. The molecule has 0 saturated heterocycles. The molecule has 1 unspecified atom stereocenters. The maximum absolute atomic E-state index is 13.3. The second-order valence-electron chi connectivity index (χ2n) is 4.10. The van der Waals surface area contributed by atoms with Gasteiger partial charge < -0.3 is 15.4 Å². The van der Waals surface area contributed by atoms with E-state index in [0.717, 1.165) is 0 Å². The predicted molar refractivity (Wildman–Crippen MR) is 75.2 cm³/mol. The molecule has 2 N–H and O–H groups in total. The van der Waals surface area contributed by atoms with Gasteiger partial charge in [-0.3, -0.25) is 0 Å². The molecule has 0 aromatic heterocycles. The monoisotopic (exact) mass is 270 g/mol. The lowest BCUT2D eigenvalue weighted by Crippen LogP contribution is -2.43. The summed E-state index contributed by atoms with van der Waals surface area (Å²) >= 11 is 5.12. The van der Waals surface area contributed by atoms with Crippen molar-refractivity contribution in [1.29, 1.82) is 0 Å². The normalized spacial score (nSPS) is 11.9. The van der Waals surface area contributed by atoms with Gasteiger partial charge >= 0.3 is 0 Å². The quantitative estimate of drug-likeness (QED) is 0.773. The van der Waals surface area contributed by atoms with Crippen molar-refractivity contribution in [2.45, 2.75) is 19.4 Å². The van der Waals surface area contributed by atoms with Gasteiger partial charge in [-0.05, 0) is 37.2 Å². The number of benzene rings is 1. The van der Waals surface area contributed by atoms with Crippen LogP contribution in [0.2, 0.25) is 0 Å². The van der Waals surface area contributed by atoms with Crippen molar-refractivity contribution in [3.05, 3.63) is 35.6 Å². The Morgan fingerprint density at radius 1 is 1.44 bits per heavy atom. The van der Waals surface area contributed by atoms with Crippen molar-refractivity contribution >= 4 is 17.3 Å². The van der Waals surface area contributed by atoms with Crippen LogP contribution in [-0.2, 0) is 11.2 Å². The van der Waals surface area contributed by atoms with Crippen LogP contribution in [-0.4, -0.2) is 31.4 Å². The third-order valence-corrected chi connectivity index (χ3v) is 2.69. The van der Waals surface area contributed by atoms with Gasteiger partial charge in [0.2, 0.25) is 0 Å². The van der Waals surface area contributed by atoms with E-state index in [1.807, 2.05) is 13.0 Å². The maximum atomic E-state index is 13.3. The molecule has 0 radical (unpaired) electrons. The molecule has 18 heavy (non-hydrogen) atoms. The fourth-order valence-electron chi connectivity index (χ4n) is 1.58. The Balaban J connectivity index is 2.25. The minimum absolute atomic E-state index is 0.156. The number of ether oxygens (including phenoxy) is 1. The molecule has 0 heterocycles. The first kappa shape index (κ1) is 14.9. The molecule has 0 spiro atoms. The Hall–Kier alpha value is -1.20. The Kier molecular flexibility index (Phi) is 6.60. The Morgan fingerprint density at radius 2 is 2.17 bits per heavy atom. The number of halogens is 1. The number of rotatable bonds is 6. The summed E-state index contributed by atoms with van der Waals surface area (Å²) in [6, 6.07) is 6.91. The van der Waals surface area contributed by atoms with Crippen LogP contribution in [0.4, 0.5) is 4.39 Å². The van der Waals surface area contributed by atoms with Crippen molar-refractivity contribution < 1.29 is 9.13 Å². The smallest absolute Gasteiger partial charge is 0.166 e. The Labute approximate surface area is 113 Å². The second-order valence-corrected chi connectivity index (χ2v) is 4.51. The lowest BCUT2D eigenvalue weighted by atomic mass is 10.1. The molecule has 0 aliphatic carbocycles. The van der Waals surface area contributed by atoms with Crippen molar-refractivity contribution in [3.8, 4) is 0 Å². The van der Waals surface area contributed by atoms with Gasteiger partial charge in [0.25, 0.3) is 0 Å². The van der Waals surface area contributed by atoms with Crippen LogP contribution < -0.4 is 10.6 Å². The lowest BCUT2D eigenvalue weighted by molar-refractivity contribution is 0.179. The molecule has 0 fully saturated rings. The van der Waals surface area contributed by atoms with Gasteiger partial charge in [-0.1, -0.05) is 18.2 Å². The average molecular weight is 270 g/mol. The van der Waals surface area contributed by atoms with E-state index in [0.29, 0.717) is 30.2 Å². The highest BCUT2D eigenvalue weighted by molar-refractivity contribution is 7.80. The topological polar surface area (TPSA) is 33.3 Å². The largest absolute Gasteiger partial charge is 0.383 e. The minimum atomic E-state index is -0.175. The van der Waals surface area contributed by atoms with E-state index < -0.39 is 0 Å². The van der Waals surface area contributed by atoms with Crippen LogP contribution in [0.1, 0.15) is 12.5 Å². The van der Waals surface area contributed by atoms with Crippen LogP contribution in [0.3, 0.4) is 0 Å². The van der Waals surface area contributed by atoms with Gasteiger partial charge in [0.05, 0.1) is 6.61 Å². The number of hydrogen-bond donors (Lipinski definition) is 2. The molecule has 0 aliphatic heterocycles. The second kappa shape index (κ2) is 8.00. The summed E-state index contributed by atoms with van der Waals surface area (Å²) in [5.41, 5.74) is 0.692. The third kappa shape index (κ3) is 5.42. The zero-order valence-electron chi connectivity index (χ0n) is 10.7. The molecule has 100 valence electrons. The first-order valence-corrected chi connectivity index (χ1v) is 6.31. The van der Waals surface area contributed by atoms with Gasteiger partial charge in [0.15, 0.2) is 5.11 Å². The number of thiocarbonyl (C=S) groups is 1. The van der Waals surface area contributed by atoms with Crippen molar-refractivity contribution in [1.82, 2.24) is 10.6 Å². The first-order chi connectivity index (χ1) is 8.63. The number of hydrogen-bond acceptors (Lipinski definition) is 2. The summed E-state index contributed by atoms with van der Waals surface area (Å²) in [6.07, 6.45) is 0.604. The summed E-state index contributed by atoms with van der Waals surface area (Å²) < 4.78 is 18.3. The highest BCUT2D eigenvalue weighted by atomic mass is 32.1. The summed E-state index contributed by atoms with van der Waals surface area (Å²) in [5.74, 6) is -0.175. The lowest BCUT2D eigenvalue weighted by Gasteiger charge is -2.16. The fraction of sp³-hybridized carbons (Fsp3) is 0.462. The number of methoxy groups -OCH3 is 1. The van der Waals surface area contributed by atoms with Gasteiger partial charge in [0, 0.05) is 19.7 Å². The van der Waals surface area contributed by atoms with Crippen LogP contribution >= 0.6 is 12.2 Å². The summed E-state index contributed by atoms with van der Waals surface area (Å²) in [6.45, 7) is 3.18. The summed E-state index contributed by atoms with van der Waals surface area (Å²) in [5, 5.41) is 6.69. The molecular formula is C13H19FN2OS. The van der Waals surface area contributed by atoms with E-state index in [4.69, 9.17) is 17.0 Å². The molecule has 0 bridgehead atoms. The molecule has 5 heteroatoms. The number of nitrogens with one attached hydrogen (secondary N) is 2. The predicted octanol–water partition coefficient (Wildman–Crippen LogP) is 1.87. The molecule has 0 amide bonds. The fourth-order valence-corrected chi connectivity index (χ4v) is 1.88.